The molecule has 0 aliphatic heterocycles. The van der Waals surface area contributed by atoms with Gasteiger partial charge in [-0.1, -0.05) is 110 Å². The van der Waals surface area contributed by atoms with Crippen LogP contribution in [0.5, 0.6) is 0 Å². The molecule has 2 aliphatic carbocycles. The highest BCUT2D eigenvalue weighted by Gasteiger charge is 2.27. The zero-order valence-corrected chi connectivity index (χ0v) is 27.3. The first-order chi connectivity index (χ1) is 18.8. The SMILES string of the molecule is CC1=C(/C=C/C(C)=C/C#CC(C)C#CC/C=C(\C)C#CC/C(C)=C/CC2=C(C)CCCC2(C)C)C(C)(C)CCC1. The summed E-state index contributed by atoms with van der Waals surface area (Å²) in [7, 11) is 0. The van der Waals surface area contributed by atoms with Gasteiger partial charge in [0.1, 0.15) is 0 Å². The summed E-state index contributed by atoms with van der Waals surface area (Å²) in [6.07, 6.45) is 21.3. The molecule has 0 nitrogen and oxygen atoms in total. The lowest BCUT2D eigenvalue weighted by atomic mass is 9.71. The van der Waals surface area contributed by atoms with Crippen molar-refractivity contribution >= 4 is 0 Å². The van der Waals surface area contributed by atoms with Crippen molar-refractivity contribution in [1.82, 2.24) is 0 Å². The highest BCUT2D eigenvalue weighted by atomic mass is 14.3. The van der Waals surface area contributed by atoms with Crippen molar-refractivity contribution in [2.75, 3.05) is 0 Å². The predicted molar refractivity (Wildman–Crippen MR) is 177 cm³/mol. The quantitative estimate of drug-likeness (QED) is 0.181. The van der Waals surface area contributed by atoms with E-state index in [4.69, 9.17) is 0 Å². The molecule has 0 aromatic carbocycles. The monoisotopic (exact) mass is 534 g/mol. The van der Waals surface area contributed by atoms with Gasteiger partial charge in [-0.3, -0.25) is 0 Å². The van der Waals surface area contributed by atoms with Gasteiger partial charge in [0.2, 0.25) is 0 Å². The Morgan fingerprint density at radius 3 is 2.23 bits per heavy atom. The van der Waals surface area contributed by atoms with E-state index in [9.17, 15) is 0 Å². The summed E-state index contributed by atoms with van der Waals surface area (Å²) >= 11 is 0. The molecule has 0 aromatic rings. The van der Waals surface area contributed by atoms with Gasteiger partial charge in [-0.25, -0.2) is 0 Å². The third-order valence-corrected chi connectivity index (χ3v) is 8.48. The molecule has 2 rings (SSSR count). The van der Waals surface area contributed by atoms with E-state index in [0.717, 1.165) is 18.4 Å². The van der Waals surface area contributed by atoms with Crippen molar-refractivity contribution in [2.24, 2.45) is 16.7 Å². The zero-order valence-electron chi connectivity index (χ0n) is 27.3. The van der Waals surface area contributed by atoms with E-state index in [1.54, 1.807) is 11.1 Å². The molecule has 1 unspecified atom stereocenters. The van der Waals surface area contributed by atoms with E-state index in [1.807, 2.05) is 6.08 Å². The summed E-state index contributed by atoms with van der Waals surface area (Å²) in [4.78, 5) is 0. The average molecular weight is 535 g/mol. The fourth-order valence-electron chi connectivity index (χ4n) is 5.85. The van der Waals surface area contributed by atoms with Crippen molar-refractivity contribution in [3.63, 3.8) is 0 Å². The molecule has 0 fully saturated rings. The lowest BCUT2D eigenvalue weighted by molar-refractivity contribution is 0.360. The van der Waals surface area contributed by atoms with Gasteiger partial charge in [-0.05, 0) is 120 Å². The summed E-state index contributed by atoms with van der Waals surface area (Å²) in [5.41, 5.74) is 10.5. The van der Waals surface area contributed by atoms with Crippen molar-refractivity contribution in [3.8, 4) is 35.5 Å². The van der Waals surface area contributed by atoms with Crippen LogP contribution in [0.25, 0.3) is 0 Å². The third-order valence-electron chi connectivity index (χ3n) is 8.48. The highest BCUT2D eigenvalue weighted by molar-refractivity contribution is 5.38. The lowest BCUT2D eigenvalue weighted by Gasteiger charge is -2.34. The van der Waals surface area contributed by atoms with Gasteiger partial charge in [0.25, 0.3) is 0 Å². The molecule has 2 aliphatic rings. The Morgan fingerprint density at radius 2 is 1.55 bits per heavy atom. The van der Waals surface area contributed by atoms with Crippen molar-refractivity contribution in [2.45, 2.75) is 127 Å². The van der Waals surface area contributed by atoms with Crippen LogP contribution < -0.4 is 0 Å². The fraction of sp³-hybridized carbons (Fsp3) is 0.550. The summed E-state index contributed by atoms with van der Waals surface area (Å²) < 4.78 is 0. The summed E-state index contributed by atoms with van der Waals surface area (Å²) in [5, 5.41) is 0. The minimum Gasteiger partial charge on any atom is -0.0978 e. The van der Waals surface area contributed by atoms with Crippen LogP contribution in [0.2, 0.25) is 0 Å². The van der Waals surface area contributed by atoms with E-state index >= 15 is 0 Å². The van der Waals surface area contributed by atoms with E-state index in [2.05, 4.69) is 129 Å². The first-order valence-corrected chi connectivity index (χ1v) is 15.4. The van der Waals surface area contributed by atoms with E-state index in [0.29, 0.717) is 11.8 Å². The number of hydrogen-bond donors (Lipinski definition) is 0. The first-order valence-electron chi connectivity index (χ1n) is 15.4. The van der Waals surface area contributed by atoms with E-state index in [-0.39, 0.29) is 11.3 Å². The van der Waals surface area contributed by atoms with Crippen LogP contribution in [0.4, 0.5) is 0 Å². The maximum Gasteiger partial charge on any atom is 0.0787 e. The minimum atomic E-state index is 0.0516. The smallest absolute Gasteiger partial charge is 0.0787 e. The van der Waals surface area contributed by atoms with Crippen LogP contribution >= 0.6 is 0 Å². The van der Waals surface area contributed by atoms with Gasteiger partial charge in [0, 0.05) is 12.8 Å². The molecule has 0 aromatic heterocycles. The van der Waals surface area contributed by atoms with Crippen LogP contribution in [0.3, 0.4) is 0 Å². The molecule has 0 amide bonds. The minimum absolute atomic E-state index is 0.0516. The Morgan fingerprint density at radius 1 is 0.875 bits per heavy atom. The van der Waals surface area contributed by atoms with Gasteiger partial charge < -0.3 is 0 Å². The first kappa shape index (κ1) is 33.3. The van der Waals surface area contributed by atoms with Crippen molar-refractivity contribution in [3.05, 3.63) is 69.4 Å². The van der Waals surface area contributed by atoms with Gasteiger partial charge in [0.15, 0.2) is 0 Å². The molecule has 0 spiro atoms. The van der Waals surface area contributed by atoms with Crippen LogP contribution in [-0.2, 0) is 0 Å². The summed E-state index contributed by atoms with van der Waals surface area (Å²) in [6, 6.07) is 0. The maximum absolute atomic E-state index is 3.34. The molecule has 0 radical (unpaired) electrons. The van der Waals surface area contributed by atoms with Crippen LogP contribution in [0.15, 0.2) is 69.4 Å². The second-order valence-electron chi connectivity index (χ2n) is 13.3. The van der Waals surface area contributed by atoms with Crippen LogP contribution in [-0.4, -0.2) is 0 Å². The second-order valence-corrected chi connectivity index (χ2v) is 13.3. The molecule has 40 heavy (non-hydrogen) atoms. The lowest BCUT2D eigenvalue weighted by Crippen LogP contribution is -2.20. The summed E-state index contributed by atoms with van der Waals surface area (Å²) in [5.74, 6) is 19.7. The molecule has 0 bridgehead atoms. The number of hydrogen-bond acceptors (Lipinski definition) is 0. The maximum atomic E-state index is 3.34. The molecule has 0 heterocycles. The van der Waals surface area contributed by atoms with Crippen molar-refractivity contribution < 1.29 is 0 Å². The average Bonchev–Trinajstić information content (AvgIpc) is 2.85. The topological polar surface area (TPSA) is 0 Å². The predicted octanol–water partition coefficient (Wildman–Crippen LogP) is 11.3. The van der Waals surface area contributed by atoms with Crippen molar-refractivity contribution in [1.29, 1.82) is 0 Å². The van der Waals surface area contributed by atoms with Gasteiger partial charge in [0.05, 0.1) is 5.92 Å². The normalized spacial score (nSPS) is 20.3. The molecule has 0 heteroatoms. The highest BCUT2D eigenvalue weighted by Crippen LogP contribution is 2.42. The molecule has 214 valence electrons. The molecule has 0 saturated carbocycles. The second kappa shape index (κ2) is 15.8. The van der Waals surface area contributed by atoms with E-state index < -0.39 is 0 Å². The summed E-state index contributed by atoms with van der Waals surface area (Å²) in [6.45, 7) is 22.6. The van der Waals surface area contributed by atoms with Crippen LogP contribution in [0.1, 0.15) is 127 Å². The van der Waals surface area contributed by atoms with Gasteiger partial charge >= 0.3 is 0 Å². The third kappa shape index (κ3) is 11.3. The fourth-order valence-corrected chi connectivity index (χ4v) is 5.85. The Balaban J connectivity index is 1.83. The Hall–Kier alpha value is -2.88. The van der Waals surface area contributed by atoms with Crippen LogP contribution in [0, 0.1) is 52.3 Å². The molecular formula is C40H54. The Labute approximate surface area is 248 Å². The standard InChI is InChI=1S/C40H54/c1-31(19-13-21-33(3)25-27-37-35(5)23-15-29-39(37,7)8)17-11-12-18-32(2)20-14-22-34(4)26-28-38-36(6)24-16-30-40(38,9)10/h17,22,25-26,28,32H,11,15-16,21,23-24,27,29-30H2,1-10H3/b28-26+,31-17+,33-25+,34-22+. The zero-order chi connectivity index (χ0) is 29.8. The number of rotatable bonds is 6. The molecule has 0 saturated heterocycles. The molecule has 0 N–H and O–H groups in total. The molecule has 1 atom stereocenters. The van der Waals surface area contributed by atoms with Gasteiger partial charge in [-0.2, -0.15) is 0 Å². The largest absolute Gasteiger partial charge is 0.0978 e. The van der Waals surface area contributed by atoms with Gasteiger partial charge in [-0.15, -0.1) is 0 Å². The number of allylic oxidation sites excluding steroid dienone is 12. The Bertz CT molecular complexity index is 1270. The Kier molecular flexibility index (Phi) is 13.2. The molecular weight excluding hydrogens is 480 g/mol. The van der Waals surface area contributed by atoms with E-state index in [1.165, 1.54) is 60.8 Å².